The van der Waals surface area contributed by atoms with Gasteiger partial charge < -0.3 is 0 Å². The molecule has 0 amide bonds. The van der Waals surface area contributed by atoms with Crippen molar-refractivity contribution in [3.63, 3.8) is 0 Å². The zero-order valence-corrected chi connectivity index (χ0v) is 22.9. The second kappa shape index (κ2) is 13.6. The van der Waals surface area contributed by atoms with E-state index in [0.29, 0.717) is 11.5 Å². The normalized spacial score (nSPS) is 28.5. The van der Waals surface area contributed by atoms with Crippen LogP contribution < -0.4 is 0 Å². The van der Waals surface area contributed by atoms with Crippen LogP contribution in [0.15, 0.2) is 6.07 Å². The van der Waals surface area contributed by atoms with Crippen molar-refractivity contribution in [2.24, 2.45) is 23.7 Å². The van der Waals surface area contributed by atoms with Crippen molar-refractivity contribution in [3.05, 3.63) is 34.4 Å². The molecule has 0 aliphatic heterocycles. The minimum atomic E-state index is -0.500. The molecule has 2 saturated carbocycles. The number of rotatable bonds is 12. The molecule has 2 heteroatoms. The molecule has 0 heterocycles. The maximum absolute atomic E-state index is 15.4. The highest BCUT2D eigenvalue weighted by Crippen LogP contribution is 2.49. The molecular formula is C33H52F2. The first kappa shape index (κ1) is 27.1. The zero-order valence-electron chi connectivity index (χ0n) is 22.9. The predicted molar refractivity (Wildman–Crippen MR) is 145 cm³/mol. The average Bonchev–Trinajstić information content (AvgIpc) is 2.88. The van der Waals surface area contributed by atoms with Gasteiger partial charge in [-0.05, 0) is 97.6 Å². The Morgan fingerprint density at radius 2 is 1.34 bits per heavy atom. The van der Waals surface area contributed by atoms with Gasteiger partial charge in [0.15, 0.2) is 11.6 Å². The molecule has 198 valence electrons. The molecule has 0 radical (unpaired) electrons. The van der Waals surface area contributed by atoms with E-state index in [1.54, 1.807) is 0 Å². The molecule has 0 spiro atoms. The van der Waals surface area contributed by atoms with Gasteiger partial charge in [-0.15, -0.1) is 0 Å². The summed E-state index contributed by atoms with van der Waals surface area (Å²) in [5, 5.41) is 0. The molecule has 2 fully saturated rings. The summed E-state index contributed by atoms with van der Waals surface area (Å²) in [6.45, 7) is 4.53. The van der Waals surface area contributed by atoms with Crippen molar-refractivity contribution in [1.29, 1.82) is 0 Å². The fourth-order valence-corrected chi connectivity index (χ4v) is 7.90. The van der Waals surface area contributed by atoms with Gasteiger partial charge >= 0.3 is 0 Å². The summed E-state index contributed by atoms with van der Waals surface area (Å²) in [5.41, 5.74) is 2.56. The lowest BCUT2D eigenvalue weighted by Gasteiger charge is -2.42. The first-order valence-electron chi connectivity index (χ1n) is 15.6. The van der Waals surface area contributed by atoms with Crippen LogP contribution in [0.5, 0.6) is 0 Å². The predicted octanol–water partition coefficient (Wildman–Crippen LogP) is 10.7. The summed E-state index contributed by atoms with van der Waals surface area (Å²) >= 11 is 0. The summed E-state index contributed by atoms with van der Waals surface area (Å²) in [6, 6.07) is 2.11. The highest BCUT2D eigenvalue weighted by Gasteiger charge is 2.37. The Bertz CT molecular complexity index is 784. The first-order valence-corrected chi connectivity index (χ1v) is 15.6. The van der Waals surface area contributed by atoms with E-state index in [4.69, 9.17) is 0 Å². The van der Waals surface area contributed by atoms with Gasteiger partial charge in [-0.25, -0.2) is 8.78 Å². The summed E-state index contributed by atoms with van der Waals surface area (Å²) in [7, 11) is 0. The second-order valence-corrected chi connectivity index (χ2v) is 12.6. The average molecular weight is 487 g/mol. The Labute approximate surface area is 215 Å². The first-order chi connectivity index (χ1) is 17.1. The highest BCUT2D eigenvalue weighted by atomic mass is 19.2. The van der Waals surface area contributed by atoms with E-state index in [0.717, 1.165) is 61.0 Å². The van der Waals surface area contributed by atoms with Crippen LogP contribution in [0.3, 0.4) is 0 Å². The van der Waals surface area contributed by atoms with Gasteiger partial charge in [0.2, 0.25) is 0 Å². The monoisotopic (exact) mass is 486 g/mol. The van der Waals surface area contributed by atoms with Crippen molar-refractivity contribution in [2.75, 3.05) is 0 Å². The Kier molecular flexibility index (Phi) is 10.5. The van der Waals surface area contributed by atoms with E-state index in [2.05, 4.69) is 19.9 Å². The maximum atomic E-state index is 15.4. The molecule has 0 aromatic heterocycles. The minimum Gasteiger partial charge on any atom is -0.203 e. The molecule has 0 nitrogen and oxygen atoms in total. The molecule has 3 aliphatic carbocycles. The Morgan fingerprint density at radius 1 is 0.686 bits per heavy atom. The fraction of sp³-hybridized carbons (Fsp3) is 0.818. The highest BCUT2D eigenvalue weighted by molar-refractivity contribution is 5.38. The van der Waals surface area contributed by atoms with Crippen molar-refractivity contribution in [2.45, 2.75) is 148 Å². The van der Waals surface area contributed by atoms with Gasteiger partial charge in [0.25, 0.3) is 0 Å². The van der Waals surface area contributed by atoms with E-state index < -0.39 is 11.6 Å². The van der Waals surface area contributed by atoms with E-state index >= 15 is 8.78 Å². The summed E-state index contributed by atoms with van der Waals surface area (Å²) in [5.74, 6) is 2.26. The van der Waals surface area contributed by atoms with Crippen LogP contribution in [0.1, 0.15) is 152 Å². The zero-order chi connectivity index (χ0) is 24.6. The van der Waals surface area contributed by atoms with E-state index in [1.165, 1.54) is 96.3 Å². The third-order valence-electron chi connectivity index (χ3n) is 10.1. The Morgan fingerprint density at radius 3 is 2.11 bits per heavy atom. The molecule has 5 atom stereocenters. The van der Waals surface area contributed by atoms with Crippen LogP contribution in [0.4, 0.5) is 8.78 Å². The van der Waals surface area contributed by atoms with Gasteiger partial charge in [0.1, 0.15) is 0 Å². The van der Waals surface area contributed by atoms with Gasteiger partial charge in [0.05, 0.1) is 0 Å². The lowest BCUT2D eigenvalue weighted by Crippen LogP contribution is -2.31. The van der Waals surface area contributed by atoms with Crippen molar-refractivity contribution >= 4 is 0 Å². The SMILES string of the molecule is CCCCCCCC1CCc2cc(C3CCC4CC(CCCCCC)CCC4C3)c(F)c(F)c2C1. The molecule has 1 aromatic rings. The maximum Gasteiger partial charge on any atom is 0.162 e. The lowest BCUT2D eigenvalue weighted by molar-refractivity contribution is 0.112. The molecule has 0 N–H and O–H groups in total. The quantitative estimate of drug-likeness (QED) is 0.258. The molecule has 3 aliphatic rings. The van der Waals surface area contributed by atoms with Crippen molar-refractivity contribution < 1.29 is 8.78 Å². The smallest absolute Gasteiger partial charge is 0.162 e. The van der Waals surface area contributed by atoms with Gasteiger partial charge in [0, 0.05) is 0 Å². The summed E-state index contributed by atoms with van der Waals surface area (Å²) in [4.78, 5) is 0. The van der Waals surface area contributed by atoms with Crippen LogP contribution in [0.2, 0.25) is 0 Å². The number of hydrogen-bond donors (Lipinski definition) is 0. The number of halogens is 2. The van der Waals surface area contributed by atoms with E-state index in [-0.39, 0.29) is 5.92 Å². The van der Waals surface area contributed by atoms with Crippen LogP contribution >= 0.6 is 0 Å². The van der Waals surface area contributed by atoms with Gasteiger partial charge in [-0.1, -0.05) is 97.0 Å². The van der Waals surface area contributed by atoms with Crippen LogP contribution in [0, 0.1) is 35.3 Å². The van der Waals surface area contributed by atoms with E-state index in [1.807, 2.05) is 0 Å². The Balaban J connectivity index is 1.32. The van der Waals surface area contributed by atoms with Crippen LogP contribution in [-0.4, -0.2) is 0 Å². The number of benzene rings is 1. The number of fused-ring (bicyclic) bond motifs is 2. The molecule has 0 bridgehead atoms. The van der Waals surface area contributed by atoms with Crippen molar-refractivity contribution in [3.8, 4) is 0 Å². The number of aryl methyl sites for hydroxylation is 1. The third kappa shape index (κ3) is 7.10. The molecule has 1 aromatic carbocycles. The number of hydrogen-bond acceptors (Lipinski definition) is 0. The van der Waals surface area contributed by atoms with Crippen molar-refractivity contribution in [1.82, 2.24) is 0 Å². The van der Waals surface area contributed by atoms with Gasteiger partial charge in [-0.2, -0.15) is 0 Å². The lowest BCUT2D eigenvalue weighted by atomic mass is 9.63. The Hall–Kier alpha value is -0.920. The standard InChI is InChI=1S/C33H52F2/c1-3-5-7-9-11-13-25-15-17-29-23-31(33(35)32(34)30(29)21-25)28-19-18-26-20-24(12-10-8-6-4-2)14-16-27(26)22-28/h23-28H,3-22H2,1-2H3. The fourth-order valence-electron chi connectivity index (χ4n) is 7.90. The van der Waals surface area contributed by atoms with Crippen LogP contribution in [-0.2, 0) is 12.8 Å². The molecule has 5 unspecified atom stereocenters. The van der Waals surface area contributed by atoms with E-state index in [9.17, 15) is 0 Å². The largest absolute Gasteiger partial charge is 0.203 e. The summed E-state index contributed by atoms with van der Waals surface area (Å²) < 4.78 is 30.7. The second-order valence-electron chi connectivity index (χ2n) is 12.6. The molecule has 4 rings (SSSR count). The molecule has 35 heavy (non-hydrogen) atoms. The van der Waals surface area contributed by atoms with Crippen LogP contribution in [0.25, 0.3) is 0 Å². The molecular weight excluding hydrogens is 434 g/mol. The third-order valence-corrected chi connectivity index (χ3v) is 10.1. The topological polar surface area (TPSA) is 0 Å². The minimum absolute atomic E-state index is 0.230. The van der Waals surface area contributed by atoms with Gasteiger partial charge in [-0.3, -0.25) is 0 Å². The molecule has 0 saturated heterocycles. The summed E-state index contributed by atoms with van der Waals surface area (Å²) in [6.07, 6.45) is 24.8. The number of unbranched alkanes of at least 4 members (excludes halogenated alkanes) is 7.